The lowest BCUT2D eigenvalue weighted by molar-refractivity contribution is 0.427. The van der Waals surface area contributed by atoms with Gasteiger partial charge >= 0.3 is 0 Å². The van der Waals surface area contributed by atoms with Gasteiger partial charge in [0.2, 0.25) is 10.0 Å². The van der Waals surface area contributed by atoms with E-state index < -0.39 is 30.9 Å². The Kier molecular flexibility index (Phi) is 4.95. The molecule has 134 valence electrons. The summed E-state index contributed by atoms with van der Waals surface area (Å²) in [5.41, 5.74) is 0.0986. The van der Waals surface area contributed by atoms with Crippen LogP contribution >= 0.6 is 0 Å². The monoisotopic (exact) mass is 383 g/mol. The molecule has 2 aromatic rings. The van der Waals surface area contributed by atoms with E-state index in [1.165, 1.54) is 34.6 Å². The minimum atomic E-state index is -3.78. The molecular formula is C17H18FNO4S2. The average molecular weight is 383 g/mol. The average Bonchev–Trinajstić information content (AvgIpc) is 2.75. The Morgan fingerprint density at radius 3 is 2.28 bits per heavy atom. The molecule has 0 bridgehead atoms. The molecule has 2 aromatic carbocycles. The predicted octanol–water partition coefficient (Wildman–Crippen LogP) is 2.38. The second-order valence-electron chi connectivity index (χ2n) is 5.88. The van der Waals surface area contributed by atoms with Crippen LogP contribution in [0.3, 0.4) is 0 Å². The molecule has 3 rings (SSSR count). The van der Waals surface area contributed by atoms with Gasteiger partial charge < -0.3 is 0 Å². The van der Waals surface area contributed by atoms with Gasteiger partial charge in [0.25, 0.3) is 0 Å². The molecule has 1 fully saturated rings. The highest BCUT2D eigenvalue weighted by Gasteiger charge is 2.36. The summed E-state index contributed by atoms with van der Waals surface area (Å²) < 4.78 is 65.8. The van der Waals surface area contributed by atoms with E-state index in [2.05, 4.69) is 0 Å². The lowest BCUT2D eigenvalue weighted by atomic mass is 10.1. The molecule has 0 unspecified atom stereocenters. The zero-order valence-electron chi connectivity index (χ0n) is 13.4. The fourth-order valence-corrected chi connectivity index (χ4v) is 6.39. The molecule has 0 saturated carbocycles. The molecule has 1 aliphatic rings. The van der Waals surface area contributed by atoms with E-state index in [1.807, 2.05) is 0 Å². The summed E-state index contributed by atoms with van der Waals surface area (Å²) >= 11 is 0. The van der Waals surface area contributed by atoms with Crippen molar-refractivity contribution in [2.75, 3.05) is 18.8 Å². The summed E-state index contributed by atoms with van der Waals surface area (Å²) in [6.07, 6.45) is 0.0231. The number of hydrogen-bond acceptors (Lipinski definition) is 4. The first kappa shape index (κ1) is 18.0. The number of rotatable bonds is 3. The molecule has 0 aromatic heterocycles. The minimum Gasteiger partial charge on any atom is -0.228 e. The number of hydrogen-bond donors (Lipinski definition) is 0. The highest BCUT2D eigenvalue weighted by molar-refractivity contribution is 7.92. The molecular weight excluding hydrogens is 365 g/mol. The smallest absolute Gasteiger partial charge is 0.228 e. The number of sulfonamides is 1. The van der Waals surface area contributed by atoms with Crippen LogP contribution in [0.25, 0.3) is 0 Å². The molecule has 0 spiro atoms. The summed E-state index contributed by atoms with van der Waals surface area (Å²) in [4.78, 5) is 0.122. The summed E-state index contributed by atoms with van der Waals surface area (Å²) in [6, 6.07) is 13.6. The Morgan fingerprint density at radius 2 is 1.60 bits per heavy atom. The third kappa shape index (κ3) is 3.61. The van der Waals surface area contributed by atoms with Crippen LogP contribution in [0.5, 0.6) is 0 Å². The van der Waals surface area contributed by atoms with Crippen LogP contribution in [0.2, 0.25) is 0 Å². The van der Waals surface area contributed by atoms with Gasteiger partial charge in [-0.3, -0.25) is 0 Å². The van der Waals surface area contributed by atoms with Crippen LogP contribution in [-0.4, -0.2) is 40.0 Å². The maximum atomic E-state index is 14.0. The number of halogens is 1. The lowest BCUT2D eigenvalue weighted by Gasteiger charge is -2.19. The quantitative estimate of drug-likeness (QED) is 0.816. The lowest BCUT2D eigenvalue weighted by Crippen LogP contribution is -2.33. The molecule has 25 heavy (non-hydrogen) atoms. The van der Waals surface area contributed by atoms with Gasteiger partial charge in [0, 0.05) is 18.7 Å². The Morgan fingerprint density at radius 1 is 0.960 bits per heavy atom. The van der Waals surface area contributed by atoms with Crippen molar-refractivity contribution in [3.63, 3.8) is 0 Å². The third-order valence-corrected chi connectivity index (χ3v) is 8.35. The predicted molar refractivity (Wildman–Crippen MR) is 92.7 cm³/mol. The van der Waals surface area contributed by atoms with Crippen molar-refractivity contribution in [3.8, 4) is 0 Å². The number of benzene rings is 2. The van der Waals surface area contributed by atoms with E-state index in [-0.39, 0.29) is 35.7 Å². The topological polar surface area (TPSA) is 71.5 Å². The normalized spacial score (nSPS) is 21.6. The van der Waals surface area contributed by atoms with Gasteiger partial charge in [-0.15, -0.1) is 0 Å². The maximum Gasteiger partial charge on any atom is 0.243 e. The van der Waals surface area contributed by atoms with Crippen molar-refractivity contribution in [2.24, 2.45) is 0 Å². The van der Waals surface area contributed by atoms with E-state index in [0.717, 1.165) is 0 Å². The molecule has 0 N–H and O–H groups in total. The largest absolute Gasteiger partial charge is 0.243 e. The van der Waals surface area contributed by atoms with Crippen LogP contribution in [-0.2, 0) is 19.9 Å². The van der Waals surface area contributed by atoms with Gasteiger partial charge in [-0.2, -0.15) is 4.31 Å². The van der Waals surface area contributed by atoms with Crippen molar-refractivity contribution in [2.45, 2.75) is 16.6 Å². The summed E-state index contributed by atoms with van der Waals surface area (Å²) in [6.45, 7) is -0.111. The molecule has 0 amide bonds. The van der Waals surface area contributed by atoms with E-state index >= 15 is 0 Å². The SMILES string of the molecule is O=S1(=O)CCN(S(=O)(=O)c2ccccc2)CC[C@@H]1c1ccccc1F. The van der Waals surface area contributed by atoms with E-state index in [1.54, 1.807) is 24.3 Å². The van der Waals surface area contributed by atoms with Crippen molar-refractivity contribution < 1.29 is 21.2 Å². The molecule has 5 nitrogen and oxygen atoms in total. The van der Waals surface area contributed by atoms with Gasteiger partial charge in [-0.1, -0.05) is 36.4 Å². The fourth-order valence-electron chi connectivity index (χ4n) is 2.99. The van der Waals surface area contributed by atoms with E-state index in [9.17, 15) is 21.2 Å². The summed E-state index contributed by atoms with van der Waals surface area (Å²) in [7, 11) is -7.43. The van der Waals surface area contributed by atoms with Gasteiger partial charge in [0.15, 0.2) is 9.84 Å². The van der Waals surface area contributed by atoms with Gasteiger partial charge in [-0.25, -0.2) is 21.2 Å². The number of nitrogens with zero attached hydrogens (tertiary/aromatic N) is 1. The van der Waals surface area contributed by atoms with Crippen molar-refractivity contribution >= 4 is 19.9 Å². The van der Waals surface area contributed by atoms with Gasteiger partial charge in [-0.05, 0) is 24.6 Å². The molecule has 8 heteroatoms. The standard InChI is InChI=1S/C17H18FNO4S2/c18-16-9-5-4-8-15(16)17-10-11-19(12-13-24(17,20)21)25(22,23)14-6-2-1-3-7-14/h1-9,17H,10-13H2/t17-/m1/s1. The van der Waals surface area contributed by atoms with Crippen LogP contribution in [0.15, 0.2) is 59.5 Å². The molecule has 0 aliphatic carbocycles. The first-order valence-electron chi connectivity index (χ1n) is 7.83. The second-order valence-corrected chi connectivity index (χ2v) is 10.1. The minimum absolute atomic E-state index is 0.0231. The third-order valence-electron chi connectivity index (χ3n) is 4.33. The zero-order valence-corrected chi connectivity index (χ0v) is 15.0. The summed E-state index contributed by atoms with van der Waals surface area (Å²) in [5, 5.41) is -1.04. The highest BCUT2D eigenvalue weighted by Crippen LogP contribution is 2.32. The van der Waals surface area contributed by atoms with E-state index in [0.29, 0.717) is 0 Å². The van der Waals surface area contributed by atoms with E-state index in [4.69, 9.17) is 0 Å². The second kappa shape index (κ2) is 6.86. The Hall–Kier alpha value is -1.77. The van der Waals surface area contributed by atoms with Crippen LogP contribution in [0.1, 0.15) is 17.2 Å². The van der Waals surface area contributed by atoms with Crippen molar-refractivity contribution in [1.29, 1.82) is 0 Å². The molecule has 1 saturated heterocycles. The number of sulfone groups is 1. The van der Waals surface area contributed by atoms with Crippen molar-refractivity contribution in [1.82, 2.24) is 4.31 Å². The fraction of sp³-hybridized carbons (Fsp3) is 0.294. The van der Waals surface area contributed by atoms with Crippen molar-refractivity contribution in [3.05, 3.63) is 66.0 Å². The Bertz CT molecular complexity index is 959. The first-order valence-corrected chi connectivity index (χ1v) is 11.0. The zero-order chi connectivity index (χ0) is 18.1. The maximum absolute atomic E-state index is 14.0. The van der Waals surface area contributed by atoms with Crippen LogP contribution in [0.4, 0.5) is 4.39 Å². The highest BCUT2D eigenvalue weighted by atomic mass is 32.2. The molecule has 0 radical (unpaired) electrons. The molecule has 1 atom stereocenters. The summed E-state index contributed by atoms with van der Waals surface area (Å²) in [5.74, 6) is -0.923. The Labute approximate surface area is 147 Å². The van der Waals surface area contributed by atoms with Gasteiger partial charge in [0.1, 0.15) is 5.82 Å². The Balaban J connectivity index is 1.92. The van der Waals surface area contributed by atoms with Crippen LogP contribution < -0.4 is 0 Å². The van der Waals surface area contributed by atoms with Crippen LogP contribution in [0, 0.1) is 5.82 Å². The first-order chi connectivity index (χ1) is 11.8. The molecule has 1 heterocycles. The molecule has 1 aliphatic heterocycles. The van der Waals surface area contributed by atoms with Gasteiger partial charge in [0.05, 0.1) is 15.9 Å².